The Morgan fingerprint density at radius 2 is 2.19 bits per heavy atom. The minimum atomic E-state index is 0.537. The molecule has 0 spiro atoms. The molecule has 3 nitrogen and oxygen atoms in total. The maximum atomic E-state index is 6.10. The summed E-state index contributed by atoms with van der Waals surface area (Å²) in [7, 11) is 1.65. The molecule has 0 bridgehead atoms. The molecular weight excluding hydrogens is 224 g/mol. The summed E-state index contributed by atoms with van der Waals surface area (Å²) in [6.07, 6.45) is 0. The third kappa shape index (κ3) is 2.00. The van der Waals surface area contributed by atoms with Crippen LogP contribution in [0, 0.1) is 5.92 Å². The van der Waals surface area contributed by atoms with Gasteiger partial charge >= 0.3 is 0 Å². The first-order valence-corrected chi connectivity index (χ1v) is 5.69. The number of hydrogen-bond donors (Lipinski definition) is 0. The molecule has 2 rings (SSSR count). The van der Waals surface area contributed by atoms with Crippen molar-refractivity contribution in [1.82, 2.24) is 9.78 Å². The molecule has 86 valence electrons. The van der Waals surface area contributed by atoms with Gasteiger partial charge in [0.2, 0.25) is 0 Å². The van der Waals surface area contributed by atoms with E-state index in [9.17, 15) is 0 Å². The normalized spacial score (nSPS) is 11.3. The Morgan fingerprint density at radius 1 is 1.44 bits per heavy atom. The Balaban J connectivity index is 2.53. The van der Waals surface area contributed by atoms with Crippen molar-refractivity contribution in [2.45, 2.75) is 20.4 Å². The van der Waals surface area contributed by atoms with E-state index in [4.69, 9.17) is 16.3 Å². The Kier molecular flexibility index (Phi) is 3.06. The van der Waals surface area contributed by atoms with Gasteiger partial charge in [-0.25, -0.2) is 0 Å². The number of halogens is 1. The first-order chi connectivity index (χ1) is 7.61. The molecule has 0 aliphatic rings. The zero-order valence-electron chi connectivity index (χ0n) is 9.70. The second kappa shape index (κ2) is 4.34. The van der Waals surface area contributed by atoms with Crippen LogP contribution in [0.5, 0.6) is 5.75 Å². The van der Waals surface area contributed by atoms with Crippen LogP contribution in [0.3, 0.4) is 0 Å². The van der Waals surface area contributed by atoms with E-state index in [2.05, 4.69) is 18.9 Å². The molecule has 0 aliphatic carbocycles. The van der Waals surface area contributed by atoms with Crippen molar-refractivity contribution in [2.75, 3.05) is 7.11 Å². The zero-order valence-corrected chi connectivity index (χ0v) is 10.5. The third-order valence-corrected chi connectivity index (χ3v) is 2.73. The van der Waals surface area contributed by atoms with Crippen molar-refractivity contribution >= 4 is 22.5 Å². The number of hydrogen-bond acceptors (Lipinski definition) is 2. The highest BCUT2D eigenvalue weighted by Gasteiger charge is 2.10. The molecule has 1 aromatic heterocycles. The van der Waals surface area contributed by atoms with Crippen molar-refractivity contribution in [2.24, 2.45) is 5.92 Å². The number of aromatic nitrogens is 2. The average Bonchev–Trinajstić information content (AvgIpc) is 2.54. The van der Waals surface area contributed by atoms with E-state index in [0.29, 0.717) is 11.1 Å². The van der Waals surface area contributed by atoms with E-state index in [1.165, 1.54) is 0 Å². The van der Waals surface area contributed by atoms with Gasteiger partial charge in [-0.05, 0) is 24.1 Å². The maximum Gasteiger partial charge on any atom is 0.159 e. The smallest absolute Gasteiger partial charge is 0.159 e. The highest BCUT2D eigenvalue weighted by molar-refractivity contribution is 6.34. The van der Waals surface area contributed by atoms with Gasteiger partial charge in [-0.1, -0.05) is 25.4 Å². The first kappa shape index (κ1) is 11.3. The van der Waals surface area contributed by atoms with Gasteiger partial charge < -0.3 is 4.74 Å². The number of nitrogens with zero attached hydrogens (tertiary/aromatic N) is 2. The topological polar surface area (TPSA) is 27.1 Å². The molecule has 4 heteroatoms. The minimum Gasteiger partial charge on any atom is -0.497 e. The van der Waals surface area contributed by atoms with Crippen LogP contribution in [0.15, 0.2) is 18.2 Å². The molecule has 0 radical (unpaired) electrons. The van der Waals surface area contributed by atoms with Crippen LogP contribution in [0.25, 0.3) is 10.9 Å². The van der Waals surface area contributed by atoms with Gasteiger partial charge in [0.15, 0.2) is 5.15 Å². The molecule has 16 heavy (non-hydrogen) atoms. The Hall–Kier alpha value is -1.22. The van der Waals surface area contributed by atoms with Crippen LogP contribution in [-0.2, 0) is 6.54 Å². The Bertz CT molecular complexity index is 505. The van der Waals surface area contributed by atoms with Crippen molar-refractivity contribution in [3.05, 3.63) is 23.4 Å². The van der Waals surface area contributed by atoms with E-state index in [1.807, 2.05) is 22.9 Å². The molecule has 0 atom stereocenters. The zero-order chi connectivity index (χ0) is 11.7. The standard InChI is InChI=1S/C12H15ClN2O/c1-8(2)7-15-11-5-4-9(16-3)6-10(11)12(13)14-15/h4-6,8H,7H2,1-3H3. The van der Waals surface area contributed by atoms with Crippen LogP contribution in [0.1, 0.15) is 13.8 Å². The lowest BCUT2D eigenvalue weighted by Crippen LogP contribution is -2.05. The largest absolute Gasteiger partial charge is 0.497 e. The van der Waals surface area contributed by atoms with Gasteiger partial charge in [-0.2, -0.15) is 5.10 Å². The molecule has 0 fully saturated rings. The SMILES string of the molecule is COc1ccc2c(c1)c(Cl)nn2CC(C)C. The van der Waals surface area contributed by atoms with Gasteiger partial charge in [0, 0.05) is 11.9 Å². The van der Waals surface area contributed by atoms with Gasteiger partial charge in [0.1, 0.15) is 5.75 Å². The van der Waals surface area contributed by atoms with Crippen LogP contribution in [0.2, 0.25) is 5.15 Å². The molecule has 1 heterocycles. The molecular formula is C12H15ClN2O. The van der Waals surface area contributed by atoms with Crippen LogP contribution >= 0.6 is 11.6 Å². The van der Waals surface area contributed by atoms with Crippen molar-refractivity contribution < 1.29 is 4.74 Å². The second-order valence-electron chi connectivity index (χ2n) is 4.25. The van der Waals surface area contributed by atoms with Crippen molar-refractivity contribution in [3.8, 4) is 5.75 Å². The van der Waals surface area contributed by atoms with E-state index in [-0.39, 0.29) is 0 Å². The summed E-state index contributed by atoms with van der Waals surface area (Å²) in [4.78, 5) is 0. The Labute approximate surface area is 100.0 Å². The average molecular weight is 239 g/mol. The fraction of sp³-hybridized carbons (Fsp3) is 0.417. The minimum absolute atomic E-state index is 0.537. The fourth-order valence-corrected chi connectivity index (χ4v) is 1.97. The highest BCUT2D eigenvalue weighted by Crippen LogP contribution is 2.27. The molecule has 1 aromatic carbocycles. The Morgan fingerprint density at radius 3 is 2.81 bits per heavy atom. The molecule has 0 unspecified atom stereocenters. The number of ether oxygens (including phenoxy) is 1. The summed E-state index contributed by atoms with van der Waals surface area (Å²) >= 11 is 6.10. The number of benzene rings is 1. The summed E-state index contributed by atoms with van der Waals surface area (Å²) in [5, 5.41) is 5.81. The van der Waals surface area contributed by atoms with Crippen molar-refractivity contribution in [3.63, 3.8) is 0 Å². The predicted octanol–water partition coefficient (Wildman–Crippen LogP) is 3.35. The lowest BCUT2D eigenvalue weighted by atomic mass is 10.2. The predicted molar refractivity (Wildman–Crippen MR) is 66.1 cm³/mol. The maximum absolute atomic E-state index is 6.10. The number of methoxy groups -OCH3 is 1. The van der Waals surface area contributed by atoms with E-state index in [0.717, 1.165) is 23.2 Å². The van der Waals surface area contributed by atoms with E-state index < -0.39 is 0 Å². The van der Waals surface area contributed by atoms with Crippen molar-refractivity contribution in [1.29, 1.82) is 0 Å². The molecule has 2 aromatic rings. The summed E-state index contributed by atoms with van der Waals surface area (Å²) < 4.78 is 7.12. The molecule has 0 saturated heterocycles. The summed E-state index contributed by atoms with van der Waals surface area (Å²) in [6, 6.07) is 5.84. The summed E-state index contributed by atoms with van der Waals surface area (Å²) in [6.45, 7) is 5.19. The van der Waals surface area contributed by atoms with Gasteiger partial charge in [0.05, 0.1) is 12.6 Å². The van der Waals surface area contributed by atoms with E-state index >= 15 is 0 Å². The third-order valence-electron chi connectivity index (χ3n) is 2.45. The van der Waals surface area contributed by atoms with Crippen LogP contribution in [0.4, 0.5) is 0 Å². The molecule has 0 amide bonds. The fourth-order valence-electron chi connectivity index (χ4n) is 1.73. The van der Waals surface area contributed by atoms with Crippen LogP contribution < -0.4 is 4.74 Å². The molecule has 0 N–H and O–H groups in total. The summed E-state index contributed by atoms with van der Waals surface area (Å²) in [5.74, 6) is 1.35. The number of rotatable bonds is 3. The van der Waals surface area contributed by atoms with Crippen LogP contribution in [-0.4, -0.2) is 16.9 Å². The van der Waals surface area contributed by atoms with E-state index in [1.54, 1.807) is 7.11 Å². The lowest BCUT2D eigenvalue weighted by molar-refractivity contribution is 0.415. The lowest BCUT2D eigenvalue weighted by Gasteiger charge is -2.06. The quantitative estimate of drug-likeness (QED) is 0.820. The van der Waals surface area contributed by atoms with Gasteiger partial charge in [-0.15, -0.1) is 0 Å². The molecule has 0 aliphatic heterocycles. The monoisotopic (exact) mass is 238 g/mol. The second-order valence-corrected chi connectivity index (χ2v) is 4.61. The van der Waals surface area contributed by atoms with Gasteiger partial charge in [0.25, 0.3) is 0 Å². The first-order valence-electron chi connectivity index (χ1n) is 5.32. The highest BCUT2D eigenvalue weighted by atomic mass is 35.5. The summed E-state index contributed by atoms with van der Waals surface area (Å²) in [5.41, 5.74) is 1.06. The molecule has 0 saturated carbocycles. The van der Waals surface area contributed by atoms with Gasteiger partial charge in [-0.3, -0.25) is 4.68 Å². The number of fused-ring (bicyclic) bond motifs is 1.